The molecule has 3 N–H and O–H groups in total. The Morgan fingerprint density at radius 3 is 2.75 bits per heavy atom. The molecule has 104 valence electrons. The summed E-state index contributed by atoms with van der Waals surface area (Å²) in [6, 6.07) is 8.95. The molecular formula is C15H14F2N2O. The van der Waals surface area contributed by atoms with E-state index >= 15 is 0 Å². The molecule has 20 heavy (non-hydrogen) atoms. The molecule has 0 aromatic heterocycles. The van der Waals surface area contributed by atoms with Crippen LogP contribution in [0.5, 0.6) is 0 Å². The summed E-state index contributed by atoms with van der Waals surface area (Å²) < 4.78 is 26.5. The second-order valence-corrected chi connectivity index (χ2v) is 4.53. The Hall–Kier alpha value is -2.43. The van der Waals surface area contributed by atoms with E-state index in [1.807, 2.05) is 13.0 Å². The first-order valence-electron chi connectivity index (χ1n) is 6.06. The minimum atomic E-state index is -1.00. The van der Waals surface area contributed by atoms with Gasteiger partial charge in [-0.2, -0.15) is 0 Å². The van der Waals surface area contributed by atoms with E-state index in [1.165, 1.54) is 12.1 Å². The van der Waals surface area contributed by atoms with Crippen LogP contribution in [0, 0.1) is 18.6 Å². The average molecular weight is 276 g/mol. The van der Waals surface area contributed by atoms with Crippen LogP contribution in [0.2, 0.25) is 0 Å². The van der Waals surface area contributed by atoms with Gasteiger partial charge in [-0.3, -0.25) is 4.79 Å². The van der Waals surface area contributed by atoms with E-state index in [1.54, 1.807) is 12.1 Å². The summed E-state index contributed by atoms with van der Waals surface area (Å²) in [4.78, 5) is 11.9. The SMILES string of the molecule is Cc1ccc(N)c(NC(=O)Cc2cccc(F)c2F)c1. The number of carbonyl (C=O) groups excluding carboxylic acids is 1. The number of hydrogen-bond acceptors (Lipinski definition) is 2. The number of amides is 1. The minimum absolute atomic E-state index is 0.00808. The Labute approximate surface area is 115 Å². The predicted octanol–water partition coefficient (Wildman–Crippen LogP) is 3.04. The van der Waals surface area contributed by atoms with Gasteiger partial charge in [0.15, 0.2) is 11.6 Å². The van der Waals surface area contributed by atoms with Gasteiger partial charge < -0.3 is 11.1 Å². The highest BCUT2D eigenvalue weighted by atomic mass is 19.2. The van der Waals surface area contributed by atoms with Crippen molar-refractivity contribution in [2.75, 3.05) is 11.1 Å². The molecule has 1 amide bonds. The summed E-state index contributed by atoms with van der Waals surface area (Å²) in [5.41, 5.74) is 7.57. The van der Waals surface area contributed by atoms with Crippen LogP contribution in [-0.4, -0.2) is 5.91 Å². The first-order valence-corrected chi connectivity index (χ1v) is 6.06. The summed E-state index contributed by atoms with van der Waals surface area (Å²) in [6.45, 7) is 1.86. The van der Waals surface area contributed by atoms with Gasteiger partial charge in [-0.1, -0.05) is 18.2 Å². The quantitative estimate of drug-likeness (QED) is 0.847. The molecule has 0 spiro atoms. The summed E-state index contributed by atoms with van der Waals surface area (Å²) in [7, 11) is 0. The largest absolute Gasteiger partial charge is 0.397 e. The lowest BCUT2D eigenvalue weighted by molar-refractivity contribution is -0.115. The lowest BCUT2D eigenvalue weighted by Crippen LogP contribution is -2.16. The number of benzene rings is 2. The van der Waals surface area contributed by atoms with Crippen LogP contribution in [-0.2, 0) is 11.2 Å². The normalized spacial score (nSPS) is 10.3. The van der Waals surface area contributed by atoms with Crippen molar-refractivity contribution in [1.29, 1.82) is 0 Å². The maximum Gasteiger partial charge on any atom is 0.228 e. The summed E-state index contributed by atoms with van der Waals surface area (Å²) in [6.07, 6.45) is -0.253. The molecule has 0 fully saturated rings. The van der Waals surface area contributed by atoms with E-state index in [4.69, 9.17) is 5.73 Å². The van der Waals surface area contributed by atoms with Gasteiger partial charge in [-0.25, -0.2) is 8.78 Å². The van der Waals surface area contributed by atoms with Crippen LogP contribution in [0.25, 0.3) is 0 Å². The van der Waals surface area contributed by atoms with Crippen molar-refractivity contribution in [3.8, 4) is 0 Å². The monoisotopic (exact) mass is 276 g/mol. The first-order chi connectivity index (χ1) is 9.47. The number of rotatable bonds is 3. The fourth-order valence-electron chi connectivity index (χ4n) is 1.83. The molecule has 0 bridgehead atoms. The minimum Gasteiger partial charge on any atom is -0.397 e. The van der Waals surface area contributed by atoms with Crippen molar-refractivity contribution in [2.45, 2.75) is 13.3 Å². The second kappa shape index (κ2) is 5.69. The van der Waals surface area contributed by atoms with Crippen molar-refractivity contribution in [3.05, 3.63) is 59.2 Å². The van der Waals surface area contributed by atoms with Gasteiger partial charge in [0.1, 0.15) is 0 Å². The molecule has 0 heterocycles. The third kappa shape index (κ3) is 3.12. The van der Waals surface area contributed by atoms with Crippen molar-refractivity contribution in [2.24, 2.45) is 0 Å². The summed E-state index contributed by atoms with van der Waals surface area (Å²) in [5.74, 6) is -2.42. The smallest absolute Gasteiger partial charge is 0.228 e. The third-order valence-electron chi connectivity index (χ3n) is 2.87. The third-order valence-corrected chi connectivity index (χ3v) is 2.87. The summed E-state index contributed by atoms with van der Waals surface area (Å²) >= 11 is 0. The Bertz CT molecular complexity index is 650. The molecule has 3 nitrogen and oxygen atoms in total. The zero-order valence-electron chi connectivity index (χ0n) is 10.9. The number of hydrogen-bond donors (Lipinski definition) is 2. The lowest BCUT2D eigenvalue weighted by Gasteiger charge is -2.09. The van der Waals surface area contributed by atoms with Gasteiger partial charge >= 0.3 is 0 Å². The fraction of sp³-hybridized carbons (Fsp3) is 0.133. The molecule has 5 heteroatoms. The van der Waals surface area contributed by atoms with Gasteiger partial charge in [0.25, 0.3) is 0 Å². The molecule has 2 aromatic rings. The van der Waals surface area contributed by atoms with Crippen LogP contribution in [0.1, 0.15) is 11.1 Å². The van der Waals surface area contributed by atoms with Crippen molar-refractivity contribution >= 4 is 17.3 Å². The van der Waals surface area contributed by atoms with Crippen molar-refractivity contribution in [1.82, 2.24) is 0 Å². The Morgan fingerprint density at radius 2 is 2.00 bits per heavy atom. The molecule has 0 aliphatic heterocycles. The molecule has 0 unspecified atom stereocenters. The van der Waals surface area contributed by atoms with E-state index < -0.39 is 17.5 Å². The standard InChI is InChI=1S/C15H14F2N2O/c1-9-5-6-12(18)13(7-9)19-14(20)8-10-3-2-4-11(16)15(10)17/h2-7H,8,18H2,1H3,(H,19,20). The molecule has 2 aromatic carbocycles. The number of anilines is 2. The van der Waals surface area contributed by atoms with Crippen LogP contribution >= 0.6 is 0 Å². The zero-order valence-corrected chi connectivity index (χ0v) is 10.9. The molecule has 0 saturated carbocycles. The zero-order chi connectivity index (χ0) is 14.7. The molecular weight excluding hydrogens is 262 g/mol. The van der Waals surface area contributed by atoms with Crippen LogP contribution < -0.4 is 11.1 Å². The number of nitrogen functional groups attached to an aromatic ring is 1. The maximum atomic E-state index is 13.5. The fourth-order valence-corrected chi connectivity index (χ4v) is 1.83. The van der Waals surface area contributed by atoms with Crippen LogP contribution in [0.4, 0.5) is 20.2 Å². The van der Waals surface area contributed by atoms with Gasteiger partial charge in [0, 0.05) is 5.56 Å². The lowest BCUT2D eigenvalue weighted by atomic mass is 10.1. The Balaban J connectivity index is 2.13. The molecule has 0 aliphatic rings. The van der Waals surface area contributed by atoms with Crippen LogP contribution in [0.3, 0.4) is 0 Å². The Kier molecular flexibility index (Phi) is 3.98. The predicted molar refractivity (Wildman–Crippen MR) is 74.3 cm³/mol. The number of carbonyl (C=O) groups is 1. The van der Waals surface area contributed by atoms with E-state index in [2.05, 4.69) is 5.32 Å². The van der Waals surface area contributed by atoms with E-state index in [0.717, 1.165) is 11.6 Å². The maximum absolute atomic E-state index is 13.5. The van der Waals surface area contributed by atoms with Crippen LogP contribution in [0.15, 0.2) is 36.4 Å². The second-order valence-electron chi connectivity index (χ2n) is 4.53. The van der Waals surface area contributed by atoms with Gasteiger partial charge in [0.05, 0.1) is 17.8 Å². The Morgan fingerprint density at radius 1 is 1.25 bits per heavy atom. The number of aryl methyl sites for hydroxylation is 1. The summed E-state index contributed by atoms with van der Waals surface area (Å²) in [5, 5.41) is 2.59. The molecule has 2 rings (SSSR count). The first kappa shape index (κ1) is 14.0. The van der Waals surface area contributed by atoms with Gasteiger partial charge in [-0.05, 0) is 30.7 Å². The highest BCUT2D eigenvalue weighted by molar-refractivity contribution is 5.95. The molecule has 0 radical (unpaired) electrons. The highest BCUT2D eigenvalue weighted by Gasteiger charge is 2.12. The van der Waals surface area contributed by atoms with E-state index in [0.29, 0.717) is 11.4 Å². The van der Waals surface area contributed by atoms with Gasteiger partial charge in [-0.15, -0.1) is 0 Å². The van der Waals surface area contributed by atoms with Crippen molar-refractivity contribution < 1.29 is 13.6 Å². The van der Waals surface area contributed by atoms with Gasteiger partial charge in [0.2, 0.25) is 5.91 Å². The average Bonchev–Trinajstić information content (AvgIpc) is 2.39. The molecule has 0 atom stereocenters. The molecule has 0 saturated heterocycles. The molecule has 0 aliphatic carbocycles. The number of halogens is 2. The number of nitrogens with one attached hydrogen (secondary N) is 1. The van der Waals surface area contributed by atoms with E-state index in [-0.39, 0.29) is 12.0 Å². The van der Waals surface area contributed by atoms with Crippen molar-refractivity contribution in [3.63, 3.8) is 0 Å². The number of nitrogens with two attached hydrogens (primary N) is 1. The van der Waals surface area contributed by atoms with E-state index in [9.17, 15) is 13.6 Å². The topological polar surface area (TPSA) is 55.1 Å². The highest BCUT2D eigenvalue weighted by Crippen LogP contribution is 2.20.